The molecule has 2 fully saturated rings. The van der Waals surface area contributed by atoms with Crippen molar-refractivity contribution >= 4 is 5.78 Å². The van der Waals surface area contributed by atoms with Gasteiger partial charge in [-0.05, 0) is 50.7 Å². The Labute approximate surface area is 118 Å². The molecule has 0 radical (unpaired) electrons. The minimum atomic E-state index is 0.177. The number of ketones is 1. The third-order valence-corrected chi connectivity index (χ3v) is 4.95. The monoisotopic (exact) mass is 266 g/mol. The van der Waals surface area contributed by atoms with Gasteiger partial charge in [0.2, 0.25) is 0 Å². The number of nitrogens with zero attached hydrogens (tertiary/aromatic N) is 2. The van der Waals surface area contributed by atoms with Gasteiger partial charge >= 0.3 is 0 Å². The fourth-order valence-corrected chi connectivity index (χ4v) is 3.76. The Kier molecular flexibility index (Phi) is 5.02. The van der Waals surface area contributed by atoms with Gasteiger partial charge in [-0.3, -0.25) is 9.69 Å². The molecule has 0 aromatic heterocycles. The van der Waals surface area contributed by atoms with E-state index in [0.717, 1.165) is 13.1 Å². The summed E-state index contributed by atoms with van der Waals surface area (Å²) >= 11 is 0. The predicted octanol–water partition coefficient (Wildman–Crippen LogP) is 2.41. The molecule has 2 saturated heterocycles. The van der Waals surface area contributed by atoms with Crippen LogP contribution < -0.4 is 0 Å². The van der Waals surface area contributed by atoms with Gasteiger partial charge in [-0.25, -0.2) is 0 Å². The van der Waals surface area contributed by atoms with Crippen LogP contribution in [-0.4, -0.2) is 54.9 Å². The van der Waals surface area contributed by atoms with Crippen LogP contribution in [0.25, 0.3) is 0 Å². The molecule has 2 rings (SSSR count). The molecule has 0 aromatic rings. The maximum absolute atomic E-state index is 12.0. The number of piperidine rings is 2. The van der Waals surface area contributed by atoms with Crippen LogP contribution in [0.5, 0.6) is 0 Å². The largest absolute Gasteiger partial charge is 0.303 e. The van der Waals surface area contributed by atoms with Crippen molar-refractivity contribution < 1.29 is 4.79 Å². The van der Waals surface area contributed by atoms with Crippen molar-refractivity contribution in [3.8, 4) is 0 Å². The van der Waals surface area contributed by atoms with E-state index in [1.165, 1.54) is 45.3 Å². The third-order valence-electron chi connectivity index (χ3n) is 4.95. The van der Waals surface area contributed by atoms with Crippen LogP contribution in [0.15, 0.2) is 0 Å². The van der Waals surface area contributed by atoms with Gasteiger partial charge in [-0.2, -0.15) is 0 Å². The molecule has 19 heavy (non-hydrogen) atoms. The molecule has 0 saturated carbocycles. The lowest BCUT2D eigenvalue weighted by molar-refractivity contribution is -0.124. The van der Waals surface area contributed by atoms with Crippen LogP contribution in [-0.2, 0) is 4.79 Å². The number of rotatable bonds is 4. The number of carbonyl (C=O) groups is 1. The number of Topliss-reactive ketones (excluding diaryl/α,β-unsaturated/α-hetero) is 1. The van der Waals surface area contributed by atoms with Gasteiger partial charge < -0.3 is 4.90 Å². The molecular formula is C16H30N2O. The molecule has 3 nitrogen and oxygen atoms in total. The van der Waals surface area contributed by atoms with Gasteiger partial charge in [0.05, 0.1) is 6.54 Å². The first-order chi connectivity index (χ1) is 9.04. The highest BCUT2D eigenvalue weighted by Crippen LogP contribution is 2.38. The molecule has 2 aliphatic rings. The summed E-state index contributed by atoms with van der Waals surface area (Å²) in [6.07, 6.45) is 5.31. The Morgan fingerprint density at radius 2 is 1.68 bits per heavy atom. The maximum atomic E-state index is 12.0. The molecule has 0 bridgehead atoms. The SMILES string of the molecule is CCN1CCC[C@@]2(CCCN(CC(=O)C(C)C)C2)C1. The second kappa shape index (κ2) is 6.36. The predicted molar refractivity (Wildman–Crippen MR) is 79.3 cm³/mol. The van der Waals surface area contributed by atoms with E-state index in [4.69, 9.17) is 0 Å². The van der Waals surface area contributed by atoms with E-state index in [1.807, 2.05) is 13.8 Å². The van der Waals surface area contributed by atoms with Crippen molar-refractivity contribution in [1.82, 2.24) is 9.80 Å². The molecule has 110 valence electrons. The van der Waals surface area contributed by atoms with Crippen LogP contribution in [0, 0.1) is 11.3 Å². The molecule has 0 aliphatic carbocycles. The lowest BCUT2D eigenvalue weighted by atomic mass is 9.73. The standard InChI is InChI=1S/C16H30N2O/c1-4-17-9-5-7-16(12-17)8-6-10-18(13-16)11-15(19)14(2)3/h14H,4-13H2,1-3H3/t16-/m1/s1. The first-order valence-electron chi connectivity index (χ1n) is 8.02. The van der Waals surface area contributed by atoms with Crippen LogP contribution in [0.1, 0.15) is 46.5 Å². The van der Waals surface area contributed by atoms with Gasteiger partial charge in [-0.15, -0.1) is 0 Å². The van der Waals surface area contributed by atoms with E-state index in [1.54, 1.807) is 0 Å². The molecule has 0 amide bonds. The van der Waals surface area contributed by atoms with Crippen LogP contribution in [0.3, 0.4) is 0 Å². The topological polar surface area (TPSA) is 23.6 Å². The van der Waals surface area contributed by atoms with Gasteiger partial charge in [0, 0.05) is 19.0 Å². The van der Waals surface area contributed by atoms with Crippen LogP contribution >= 0.6 is 0 Å². The van der Waals surface area contributed by atoms with Crippen molar-refractivity contribution in [2.45, 2.75) is 46.5 Å². The number of hydrogen-bond donors (Lipinski definition) is 0. The molecular weight excluding hydrogens is 236 g/mol. The second-order valence-corrected chi connectivity index (χ2v) is 6.91. The van der Waals surface area contributed by atoms with E-state index in [-0.39, 0.29) is 5.92 Å². The van der Waals surface area contributed by atoms with Gasteiger partial charge in [0.15, 0.2) is 0 Å². The van der Waals surface area contributed by atoms with Crippen LogP contribution in [0.4, 0.5) is 0 Å². The molecule has 1 spiro atoms. The lowest BCUT2D eigenvalue weighted by Gasteiger charge is -2.48. The smallest absolute Gasteiger partial charge is 0.149 e. The highest BCUT2D eigenvalue weighted by Gasteiger charge is 2.39. The van der Waals surface area contributed by atoms with Crippen molar-refractivity contribution in [3.63, 3.8) is 0 Å². The van der Waals surface area contributed by atoms with E-state index in [9.17, 15) is 4.79 Å². The Bertz CT molecular complexity index is 312. The van der Waals surface area contributed by atoms with E-state index in [2.05, 4.69) is 16.7 Å². The quantitative estimate of drug-likeness (QED) is 0.781. The van der Waals surface area contributed by atoms with Crippen molar-refractivity contribution in [2.75, 3.05) is 39.3 Å². The first-order valence-corrected chi connectivity index (χ1v) is 8.02. The summed E-state index contributed by atoms with van der Waals surface area (Å²) in [7, 11) is 0. The Morgan fingerprint density at radius 3 is 2.26 bits per heavy atom. The van der Waals surface area contributed by atoms with Crippen molar-refractivity contribution in [2.24, 2.45) is 11.3 Å². The average Bonchev–Trinajstić information content (AvgIpc) is 2.38. The second-order valence-electron chi connectivity index (χ2n) is 6.91. The van der Waals surface area contributed by atoms with Gasteiger partial charge in [0.1, 0.15) is 5.78 Å². The summed E-state index contributed by atoms with van der Waals surface area (Å²) in [5, 5.41) is 0. The minimum absolute atomic E-state index is 0.177. The zero-order valence-electron chi connectivity index (χ0n) is 13.0. The van der Waals surface area contributed by atoms with Gasteiger partial charge in [0.25, 0.3) is 0 Å². The average molecular weight is 266 g/mol. The summed E-state index contributed by atoms with van der Waals surface area (Å²) in [5.41, 5.74) is 0.476. The summed E-state index contributed by atoms with van der Waals surface area (Å²) in [5.74, 6) is 0.580. The zero-order chi connectivity index (χ0) is 13.9. The molecule has 3 heteroatoms. The number of likely N-dealkylation sites (tertiary alicyclic amines) is 2. The molecule has 0 N–H and O–H groups in total. The normalized spacial score (nSPS) is 30.1. The minimum Gasteiger partial charge on any atom is -0.303 e. The van der Waals surface area contributed by atoms with E-state index >= 15 is 0 Å². The van der Waals surface area contributed by atoms with Crippen molar-refractivity contribution in [1.29, 1.82) is 0 Å². The summed E-state index contributed by atoms with van der Waals surface area (Å²) < 4.78 is 0. The molecule has 2 aliphatic heterocycles. The van der Waals surface area contributed by atoms with Crippen LogP contribution in [0.2, 0.25) is 0 Å². The summed E-state index contributed by atoms with van der Waals surface area (Å²) in [6, 6.07) is 0. The molecule has 0 aromatic carbocycles. The van der Waals surface area contributed by atoms with Gasteiger partial charge in [-0.1, -0.05) is 20.8 Å². The summed E-state index contributed by atoms with van der Waals surface area (Å²) in [4.78, 5) is 17.0. The number of carbonyl (C=O) groups excluding carboxylic acids is 1. The number of hydrogen-bond acceptors (Lipinski definition) is 3. The molecule has 1 atom stereocenters. The van der Waals surface area contributed by atoms with Crippen molar-refractivity contribution in [3.05, 3.63) is 0 Å². The Balaban J connectivity index is 1.94. The third kappa shape index (κ3) is 3.79. The first kappa shape index (κ1) is 15.0. The maximum Gasteiger partial charge on any atom is 0.149 e. The molecule has 0 unspecified atom stereocenters. The summed E-state index contributed by atoms with van der Waals surface area (Å²) in [6.45, 7) is 12.9. The fourth-order valence-electron chi connectivity index (χ4n) is 3.76. The Hall–Kier alpha value is -0.410. The fraction of sp³-hybridized carbons (Fsp3) is 0.938. The highest BCUT2D eigenvalue weighted by molar-refractivity contribution is 5.82. The molecule has 2 heterocycles. The van der Waals surface area contributed by atoms with E-state index < -0.39 is 0 Å². The zero-order valence-corrected chi connectivity index (χ0v) is 13.0. The van der Waals surface area contributed by atoms with E-state index in [0.29, 0.717) is 17.7 Å². The lowest BCUT2D eigenvalue weighted by Crippen LogP contribution is -2.53. The Morgan fingerprint density at radius 1 is 1.11 bits per heavy atom. The highest BCUT2D eigenvalue weighted by atomic mass is 16.1.